The van der Waals surface area contributed by atoms with Crippen LogP contribution in [-0.4, -0.2) is 31.6 Å². The molecule has 2 aromatic heterocycles. The SMILES string of the molecule is O=C(CSc1ccc(-c2ccc(-n3cccn3)cc2)nn1)Nc1ccc(Cl)c(Cl)c1. The second-order valence-corrected chi connectivity index (χ2v) is 8.03. The van der Waals surface area contributed by atoms with E-state index in [2.05, 4.69) is 20.6 Å². The van der Waals surface area contributed by atoms with E-state index in [1.165, 1.54) is 11.8 Å². The zero-order valence-electron chi connectivity index (χ0n) is 15.5. The summed E-state index contributed by atoms with van der Waals surface area (Å²) in [6.45, 7) is 0. The third-order valence-electron chi connectivity index (χ3n) is 4.13. The summed E-state index contributed by atoms with van der Waals surface area (Å²) in [5.74, 6) is 0.0332. The van der Waals surface area contributed by atoms with E-state index in [9.17, 15) is 4.79 Å². The number of nitrogens with one attached hydrogen (secondary N) is 1. The van der Waals surface area contributed by atoms with Crippen LogP contribution in [0.1, 0.15) is 0 Å². The van der Waals surface area contributed by atoms with Crippen LogP contribution in [0.3, 0.4) is 0 Å². The van der Waals surface area contributed by atoms with Gasteiger partial charge < -0.3 is 5.32 Å². The Morgan fingerprint density at radius 3 is 2.50 bits per heavy atom. The number of nitrogens with zero attached hydrogens (tertiary/aromatic N) is 4. The van der Waals surface area contributed by atoms with Gasteiger partial charge in [0.1, 0.15) is 5.03 Å². The first kappa shape index (κ1) is 20.4. The van der Waals surface area contributed by atoms with E-state index in [1.807, 2.05) is 48.7 Å². The van der Waals surface area contributed by atoms with Gasteiger partial charge in [-0.15, -0.1) is 10.2 Å². The zero-order valence-corrected chi connectivity index (χ0v) is 17.8. The quantitative estimate of drug-likeness (QED) is 0.395. The number of benzene rings is 2. The first-order valence-corrected chi connectivity index (χ1v) is 10.6. The highest BCUT2D eigenvalue weighted by Crippen LogP contribution is 2.25. The molecule has 0 spiro atoms. The third kappa shape index (κ3) is 4.99. The maximum atomic E-state index is 12.1. The summed E-state index contributed by atoms with van der Waals surface area (Å²) in [4.78, 5) is 12.1. The van der Waals surface area contributed by atoms with Crippen LogP contribution in [0.4, 0.5) is 5.69 Å². The molecule has 2 heterocycles. The molecule has 0 saturated heterocycles. The van der Waals surface area contributed by atoms with Crippen LogP contribution in [0.15, 0.2) is 78.1 Å². The van der Waals surface area contributed by atoms with Gasteiger partial charge in [0.05, 0.1) is 27.2 Å². The van der Waals surface area contributed by atoms with Crippen molar-refractivity contribution in [2.24, 2.45) is 0 Å². The van der Waals surface area contributed by atoms with Gasteiger partial charge >= 0.3 is 0 Å². The second-order valence-electron chi connectivity index (χ2n) is 6.22. The van der Waals surface area contributed by atoms with E-state index in [4.69, 9.17) is 23.2 Å². The number of halogens is 2. The first-order valence-electron chi connectivity index (χ1n) is 8.90. The Kier molecular flexibility index (Phi) is 6.32. The first-order chi connectivity index (χ1) is 14.6. The van der Waals surface area contributed by atoms with Crippen LogP contribution in [-0.2, 0) is 4.79 Å². The molecular weight excluding hydrogens is 441 g/mol. The van der Waals surface area contributed by atoms with Crippen LogP contribution in [0.5, 0.6) is 0 Å². The highest BCUT2D eigenvalue weighted by atomic mass is 35.5. The fourth-order valence-corrected chi connectivity index (χ4v) is 3.58. The Labute approximate surface area is 187 Å². The molecule has 0 unspecified atom stereocenters. The summed E-state index contributed by atoms with van der Waals surface area (Å²) in [6.07, 6.45) is 3.62. The monoisotopic (exact) mass is 455 g/mol. The smallest absolute Gasteiger partial charge is 0.234 e. The molecule has 4 rings (SSSR count). The van der Waals surface area contributed by atoms with E-state index in [0.717, 1.165) is 16.9 Å². The van der Waals surface area contributed by atoms with E-state index in [0.29, 0.717) is 20.8 Å². The van der Waals surface area contributed by atoms with Crippen LogP contribution in [0.2, 0.25) is 10.0 Å². The predicted octanol–water partition coefficient (Wildman–Crippen LogP) is 5.37. The molecular formula is C21H15Cl2N5OS. The van der Waals surface area contributed by atoms with Crippen molar-refractivity contribution < 1.29 is 4.79 Å². The molecule has 1 amide bonds. The maximum absolute atomic E-state index is 12.1. The number of carbonyl (C=O) groups excluding carboxylic acids is 1. The Morgan fingerprint density at radius 1 is 1.00 bits per heavy atom. The summed E-state index contributed by atoms with van der Waals surface area (Å²) in [5, 5.41) is 17.0. The lowest BCUT2D eigenvalue weighted by molar-refractivity contribution is -0.113. The molecule has 4 aromatic rings. The zero-order chi connectivity index (χ0) is 20.9. The van der Waals surface area contributed by atoms with E-state index in [1.54, 1.807) is 29.1 Å². The number of hydrogen-bond acceptors (Lipinski definition) is 5. The number of carbonyl (C=O) groups is 1. The molecule has 1 N–H and O–H groups in total. The van der Waals surface area contributed by atoms with Gasteiger partial charge in [-0.05, 0) is 48.5 Å². The molecule has 0 bridgehead atoms. The van der Waals surface area contributed by atoms with Crippen molar-refractivity contribution in [3.8, 4) is 16.9 Å². The molecule has 30 heavy (non-hydrogen) atoms. The molecule has 0 aliphatic carbocycles. The van der Waals surface area contributed by atoms with Crippen molar-refractivity contribution in [1.82, 2.24) is 20.0 Å². The van der Waals surface area contributed by atoms with Crippen molar-refractivity contribution in [1.29, 1.82) is 0 Å². The average Bonchev–Trinajstić information content (AvgIpc) is 3.30. The standard InChI is InChI=1S/C21H15Cl2N5OS/c22-17-7-4-15(12-18(17)23)25-20(29)13-30-21-9-8-19(26-27-21)14-2-5-16(6-3-14)28-11-1-10-24-28/h1-12H,13H2,(H,25,29). The van der Waals surface area contributed by atoms with Crippen LogP contribution in [0, 0.1) is 0 Å². The Morgan fingerprint density at radius 2 is 1.83 bits per heavy atom. The number of aromatic nitrogens is 4. The molecule has 0 saturated carbocycles. The predicted molar refractivity (Wildman–Crippen MR) is 120 cm³/mol. The van der Waals surface area contributed by atoms with Gasteiger partial charge in [0.25, 0.3) is 0 Å². The Hall–Kier alpha value is -2.87. The maximum Gasteiger partial charge on any atom is 0.234 e. The van der Waals surface area contributed by atoms with Crippen LogP contribution < -0.4 is 5.32 Å². The van der Waals surface area contributed by atoms with Gasteiger partial charge in [-0.3, -0.25) is 4.79 Å². The van der Waals surface area contributed by atoms with Crippen molar-refractivity contribution in [3.05, 3.63) is 83.1 Å². The fraction of sp³-hybridized carbons (Fsp3) is 0.0476. The van der Waals surface area contributed by atoms with Crippen LogP contribution >= 0.6 is 35.0 Å². The lowest BCUT2D eigenvalue weighted by Crippen LogP contribution is -2.14. The molecule has 0 atom stereocenters. The van der Waals surface area contributed by atoms with E-state index in [-0.39, 0.29) is 11.7 Å². The molecule has 150 valence electrons. The van der Waals surface area contributed by atoms with Crippen LogP contribution in [0.25, 0.3) is 16.9 Å². The Balaban J connectivity index is 1.34. The average molecular weight is 456 g/mol. The third-order valence-corrected chi connectivity index (χ3v) is 5.79. The molecule has 0 fully saturated rings. The molecule has 0 radical (unpaired) electrons. The number of rotatable bonds is 6. The molecule has 6 nitrogen and oxygen atoms in total. The summed E-state index contributed by atoms with van der Waals surface area (Å²) < 4.78 is 1.79. The van der Waals surface area contributed by atoms with Gasteiger partial charge in [0.2, 0.25) is 5.91 Å². The minimum absolute atomic E-state index is 0.168. The highest BCUT2D eigenvalue weighted by molar-refractivity contribution is 7.99. The molecule has 0 aliphatic rings. The van der Waals surface area contributed by atoms with Gasteiger partial charge in [0, 0.05) is 23.6 Å². The lowest BCUT2D eigenvalue weighted by Gasteiger charge is -2.06. The number of thioether (sulfide) groups is 1. The van der Waals surface area contributed by atoms with E-state index < -0.39 is 0 Å². The number of amides is 1. The molecule has 9 heteroatoms. The van der Waals surface area contributed by atoms with E-state index >= 15 is 0 Å². The van der Waals surface area contributed by atoms with Gasteiger partial charge in [-0.2, -0.15) is 5.10 Å². The molecule has 2 aromatic carbocycles. The molecule has 0 aliphatic heterocycles. The van der Waals surface area contributed by atoms with Crippen molar-refractivity contribution in [3.63, 3.8) is 0 Å². The highest BCUT2D eigenvalue weighted by Gasteiger charge is 2.08. The summed E-state index contributed by atoms with van der Waals surface area (Å²) >= 11 is 13.1. The van der Waals surface area contributed by atoms with Crippen molar-refractivity contribution in [2.75, 3.05) is 11.1 Å². The van der Waals surface area contributed by atoms with Crippen molar-refractivity contribution >= 4 is 46.6 Å². The van der Waals surface area contributed by atoms with Gasteiger partial charge in [-0.25, -0.2) is 4.68 Å². The largest absolute Gasteiger partial charge is 0.325 e. The van der Waals surface area contributed by atoms with Gasteiger partial charge in [0.15, 0.2) is 0 Å². The lowest BCUT2D eigenvalue weighted by atomic mass is 10.1. The fourth-order valence-electron chi connectivity index (χ4n) is 2.67. The summed E-state index contributed by atoms with van der Waals surface area (Å²) in [7, 11) is 0. The summed E-state index contributed by atoms with van der Waals surface area (Å²) in [5.41, 5.74) is 3.27. The minimum Gasteiger partial charge on any atom is -0.325 e. The number of anilines is 1. The van der Waals surface area contributed by atoms with Crippen molar-refractivity contribution in [2.45, 2.75) is 5.03 Å². The normalized spacial score (nSPS) is 10.7. The van der Waals surface area contributed by atoms with Gasteiger partial charge in [-0.1, -0.05) is 47.1 Å². The minimum atomic E-state index is -0.168. The topological polar surface area (TPSA) is 72.7 Å². The number of hydrogen-bond donors (Lipinski definition) is 1. The second kappa shape index (κ2) is 9.30. The Bertz CT molecular complexity index is 1150. The summed E-state index contributed by atoms with van der Waals surface area (Å²) in [6, 6.07) is 18.4.